The number of ether oxygens (including phenoxy) is 1. The topological polar surface area (TPSA) is 78.6 Å². The average Bonchev–Trinajstić information content (AvgIpc) is 3.24. The first-order valence-electron chi connectivity index (χ1n) is 13.0. The zero-order chi connectivity index (χ0) is 24.8. The predicted molar refractivity (Wildman–Crippen MR) is 124 cm³/mol. The molecule has 0 N–H and O–H groups in total. The number of aromatic nitrogens is 6. The molecule has 4 heterocycles. The Morgan fingerprint density at radius 2 is 1.86 bits per heavy atom. The number of hydrogen-bond donors (Lipinski definition) is 0. The van der Waals surface area contributed by atoms with Crippen molar-refractivity contribution in [1.29, 1.82) is 0 Å². The molecular weight excluding hydrogens is 469 g/mol. The van der Waals surface area contributed by atoms with Gasteiger partial charge in [-0.05, 0) is 64.7 Å². The molecule has 10 heteroatoms. The van der Waals surface area contributed by atoms with Gasteiger partial charge in [-0.2, -0.15) is 18.3 Å². The number of halogens is 3. The van der Waals surface area contributed by atoms with Crippen LogP contribution in [0.15, 0.2) is 18.6 Å². The van der Waals surface area contributed by atoms with Crippen LogP contribution in [-0.2, 0) is 10.2 Å². The maximum Gasteiger partial charge on any atom is 0.392 e. The van der Waals surface area contributed by atoms with Gasteiger partial charge in [0.25, 0.3) is 0 Å². The van der Waals surface area contributed by atoms with E-state index in [4.69, 9.17) is 14.7 Å². The second kappa shape index (κ2) is 7.69. The van der Waals surface area contributed by atoms with Crippen molar-refractivity contribution in [2.24, 2.45) is 11.8 Å². The molecule has 36 heavy (non-hydrogen) atoms. The summed E-state index contributed by atoms with van der Waals surface area (Å²) >= 11 is 0. The highest BCUT2D eigenvalue weighted by Crippen LogP contribution is 2.66. The highest BCUT2D eigenvalue weighted by Gasteiger charge is 2.65. The maximum atomic E-state index is 13.7. The number of alkyl halides is 3. The maximum absolute atomic E-state index is 13.7. The van der Waals surface area contributed by atoms with E-state index in [2.05, 4.69) is 28.2 Å². The first kappa shape index (κ1) is 22.6. The van der Waals surface area contributed by atoms with E-state index in [0.29, 0.717) is 48.0 Å². The van der Waals surface area contributed by atoms with E-state index < -0.39 is 17.5 Å². The number of nitrogens with zero attached hydrogens (tertiary/aromatic N) is 6. The van der Waals surface area contributed by atoms with Gasteiger partial charge in [0.1, 0.15) is 11.3 Å². The van der Waals surface area contributed by atoms with E-state index in [1.54, 1.807) is 6.20 Å². The predicted octanol–water partition coefficient (Wildman–Crippen LogP) is 5.51. The zero-order valence-electron chi connectivity index (χ0n) is 20.4. The minimum Gasteiger partial charge on any atom is -0.370 e. The van der Waals surface area contributed by atoms with E-state index in [1.165, 1.54) is 0 Å². The zero-order valence-corrected chi connectivity index (χ0v) is 20.4. The molecule has 0 aromatic carbocycles. The number of hydrogen-bond acceptors (Lipinski definition) is 6. The Morgan fingerprint density at radius 1 is 1.06 bits per heavy atom. The van der Waals surface area contributed by atoms with Crippen LogP contribution >= 0.6 is 0 Å². The third-order valence-corrected chi connectivity index (χ3v) is 8.74. The van der Waals surface area contributed by atoms with E-state index >= 15 is 0 Å². The molecule has 190 valence electrons. The molecule has 4 aliphatic carbocycles. The Morgan fingerprint density at radius 3 is 2.58 bits per heavy atom. The fourth-order valence-corrected chi connectivity index (χ4v) is 6.85. The molecule has 4 saturated carbocycles. The lowest BCUT2D eigenvalue weighted by Gasteiger charge is -2.39. The Hall–Kier alpha value is -2.62. The third kappa shape index (κ3) is 3.63. The van der Waals surface area contributed by atoms with Crippen molar-refractivity contribution in [3.8, 4) is 0 Å². The summed E-state index contributed by atoms with van der Waals surface area (Å²) in [5.74, 6) is -0.923. The van der Waals surface area contributed by atoms with Gasteiger partial charge in [-0.3, -0.25) is 4.68 Å². The lowest BCUT2D eigenvalue weighted by atomic mass is 9.67. The van der Waals surface area contributed by atoms with Crippen LogP contribution in [0.3, 0.4) is 0 Å². The second-order valence-electron chi connectivity index (χ2n) is 11.5. The van der Waals surface area contributed by atoms with Gasteiger partial charge in [0.15, 0.2) is 5.65 Å². The largest absolute Gasteiger partial charge is 0.392 e. The molecule has 3 aromatic heterocycles. The first-order valence-corrected chi connectivity index (χ1v) is 13.0. The smallest absolute Gasteiger partial charge is 0.370 e. The van der Waals surface area contributed by atoms with Gasteiger partial charge in [0.05, 0.1) is 41.8 Å². The highest BCUT2D eigenvalue weighted by atomic mass is 19.4. The van der Waals surface area contributed by atoms with Crippen LogP contribution in [0, 0.1) is 18.8 Å². The normalized spacial score (nSPS) is 34.2. The molecule has 1 unspecified atom stereocenters. The van der Waals surface area contributed by atoms with Crippen molar-refractivity contribution < 1.29 is 17.9 Å². The molecule has 1 aliphatic heterocycles. The summed E-state index contributed by atoms with van der Waals surface area (Å²) in [5, 5.41) is 4.53. The fraction of sp³-hybridized carbons (Fsp3) is 0.654. The van der Waals surface area contributed by atoms with Crippen LogP contribution < -0.4 is 0 Å². The van der Waals surface area contributed by atoms with Gasteiger partial charge in [0, 0.05) is 29.3 Å². The Bertz CT molecular complexity index is 1330. The van der Waals surface area contributed by atoms with Crippen LogP contribution in [0.1, 0.15) is 92.7 Å². The molecule has 4 atom stereocenters. The highest BCUT2D eigenvalue weighted by molar-refractivity contribution is 5.74. The Labute approximate surface area is 206 Å². The number of fused-ring (bicyclic) bond motifs is 2. The molecule has 3 aromatic rings. The van der Waals surface area contributed by atoms with Gasteiger partial charge < -0.3 is 4.74 Å². The minimum atomic E-state index is -4.18. The van der Waals surface area contributed by atoms with Crippen molar-refractivity contribution in [1.82, 2.24) is 29.7 Å². The molecule has 8 rings (SSSR count). The van der Waals surface area contributed by atoms with Crippen molar-refractivity contribution >= 4 is 11.2 Å². The quantitative estimate of drug-likeness (QED) is 0.472. The van der Waals surface area contributed by atoms with E-state index in [9.17, 15) is 13.2 Å². The standard InChI is InChI=1S/C26H29F3N6O/c1-13-10-30-21-22(25-7-16(8-25)19(9-25)26(27,28)29)33-23(34-24(21)32-13)15-5-14(2)36-20(6-15)17-11-31-35(12-17)18-3-4-18/h10-12,14-16,18-20H,3-9H2,1-2H3/t14-,15-,16?,19?,20+,25?/m0/s1. The fourth-order valence-electron chi connectivity index (χ4n) is 6.85. The van der Waals surface area contributed by atoms with Crippen LogP contribution in [0.25, 0.3) is 11.2 Å². The Kier molecular flexibility index (Phi) is 4.82. The summed E-state index contributed by atoms with van der Waals surface area (Å²) in [4.78, 5) is 19.0. The number of aryl methyl sites for hydroxylation is 1. The van der Waals surface area contributed by atoms with E-state index in [0.717, 1.165) is 30.5 Å². The molecule has 5 aliphatic rings. The van der Waals surface area contributed by atoms with Gasteiger partial charge in [0.2, 0.25) is 0 Å². The number of rotatable bonds is 4. The molecule has 1 saturated heterocycles. The van der Waals surface area contributed by atoms with Crippen LogP contribution in [-0.4, -0.2) is 42.0 Å². The van der Waals surface area contributed by atoms with Crippen molar-refractivity contribution in [2.45, 2.75) is 94.6 Å². The van der Waals surface area contributed by atoms with Gasteiger partial charge in [-0.25, -0.2) is 19.9 Å². The van der Waals surface area contributed by atoms with Gasteiger partial charge >= 0.3 is 6.18 Å². The Balaban J connectivity index is 1.25. The first-order chi connectivity index (χ1) is 17.2. The van der Waals surface area contributed by atoms with Crippen molar-refractivity contribution in [3.05, 3.63) is 41.4 Å². The summed E-state index contributed by atoms with van der Waals surface area (Å²) in [6, 6.07) is 0.501. The summed E-state index contributed by atoms with van der Waals surface area (Å²) < 4.78 is 49.4. The van der Waals surface area contributed by atoms with E-state index in [1.807, 2.05) is 17.8 Å². The molecule has 2 bridgehead atoms. The summed E-state index contributed by atoms with van der Waals surface area (Å²) in [5.41, 5.74) is 2.89. The monoisotopic (exact) mass is 498 g/mol. The average molecular weight is 499 g/mol. The molecule has 0 spiro atoms. The molecule has 0 amide bonds. The lowest BCUT2D eigenvalue weighted by Crippen LogP contribution is -2.35. The van der Waals surface area contributed by atoms with Crippen molar-refractivity contribution in [3.63, 3.8) is 0 Å². The second-order valence-corrected chi connectivity index (χ2v) is 11.5. The molecular formula is C26H29F3N6O. The molecule has 7 nitrogen and oxygen atoms in total. The summed E-state index contributed by atoms with van der Waals surface area (Å²) in [6.45, 7) is 3.90. The van der Waals surface area contributed by atoms with Crippen molar-refractivity contribution in [2.75, 3.05) is 0 Å². The third-order valence-electron chi connectivity index (χ3n) is 8.74. The minimum absolute atomic E-state index is 0.00305. The molecule has 5 fully saturated rings. The summed E-state index contributed by atoms with van der Waals surface area (Å²) in [6.07, 6.45) is 6.20. The van der Waals surface area contributed by atoms with Crippen LogP contribution in [0.5, 0.6) is 0 Å². The van der Waals surface area contributed by atoms with E-state index in [-0.39, 0.29) is 30.5 Å². The van der Waals surface area contributed by atoms with Crippen LogP contribution in [0.2, 0.25) is 0 Å². The SMILES string of the molecule is Cc1cnc2c(C34CC(C3)C(C(F)(F)F)C4)nc([C@H]3C[C@H](C)O[C@@H](c4cnn(C5CC5)c4)C3)nc2n1. The summed E-state index contributed by atoms with van der Waals surface area (Å²) in [7, 11) is 0. The molecule has 0 radical (unpaired) electrons. The lowest BCUT2D eigenvalue weighted by molar-refractivity contribution is -0.180. The van der Waals surface area contributed by atoms with Gasteiger partial charge in [-0.1, -0.05) is 0 Å². The van der Waals surface area contributed by atoms with Crippen LogP contribution in [0.4, 0.5) is 13.2 Å². The van der Waals surface area contributed by atoms with Gasteiger partial charge in [-0.15, -0.1) is 0 Å².